The first-order valence-corrected chi connectivity index (χ1v) is 14.9. The van der Waals surface area contributed by atoms with Crippen LogP contribution in [-0.2, 0) is 21.3 Å². The van der Waals surface area contributed by atoms with Gasteiger partial charge in [0.05, 0.1) is 22.3 Å². The second kappa shape index (κ2) is 13.1. The van der Waals surface area contributed by atoms with Gasteiger partial charge in [-0.3, -0.25) is 14.4 Å². The highest BCUT2D eigenvalue weighted by Gasteiger charge is 2.29. The summed E-state index contributed by atoms with van der Waals surface area (Å²) in [4.78, 5) is 16.6. The molecule has 1 aliphatic rings. The Morgan fingerprint density at radius 1 is 1.00 bits per heavy atom. The van der Waals surface area contributed by atoms with Crippen LogP contribution in [0.2, 0.25) is 0 Å². The lowest BCUT2D eigenvalue weighted by atomic mass is 10.0. The monoisotopic (exact) mass is 605 g/mol. The van der Waals surface area contributed by atoms with Gasteiger partial charge in [0, 0.05) is 51.5 Å². The fraction of sp³-hybridized carbons (Fsp3) is 0.367. The molecule has 0 saturated carbocycles. The number of carbonyl (C=O) groups excluding carboxylic acids is 1. The number of sulfonamides is 1. The van der Waals surface area contributed by atoms with Crippen LogP contribution in [0.5, 0.6) is 5.75 Å². The molecule has 3 atom stereocenters. The Hall–Kier alpha value is -3.61. The molecule has 0 bridgehead atoms. The summed E-state index contributed by atoms with van der Waals surface area (Å²) in [5.74, 6) is -2.11. The van der Waals surface area contributed by atoms with E-state index in [1.807, 2.05) is 18.7 Å². The van der Waals surface area contributed by atoms with Gasteiger partial charge in [0.1, 0.15) is 29.8 Å². The highest BCUT2D eigenvalue weighted by Crippen LogP contribution is 2.29. The van der Waals surface area contributed by atoms with Gasteiger partial charge in [-0.05, 0) is 61.4 Å². The Morgan fingerprint density at radius 3 is 2.45 bits per heavy atom. The molecular formula is C30H34F3N3O5S. The summed E-state index contributed by atoms with van der Waals surface area (Å²) in [5, 5.41) is 0. The molecule has 12 heteroatoms. The normalized spacial score (nSPS) is 20.7. The number of anilines is 1. The van der Waals surface area contributed by atoms with E-state index in [1.165, 1.54) is 35.2 Å². The largest absolute Gasteiger partial charge is 0.491 e. The highest BCUT2D eigenvalue weighted by atomic mass is 32.2. The lowest BCUT2D eigenvalue weighted by Crippen LogP contribution is -2.46. The van der Waals surface area contributed by atoms with Crippen molar-refractivity contribution in [1.82, 2.24) is 9.80 Å². The van der Waals surface area contributed by atoms with Crippen LogP contribution in [0, 0.1) is 23.4 Å². The molecule has 0 saturated heterocycles. The maximum atomic E-state index is 14.6. The number of fused-ring (bicyclic) bond motifs is 1. The Bertz CT molecular complexity index is 1540. The standard InChI is InChI=1S/C30H34F3N3O5S/c1-19-15-36(16-21-12-23(32)8-11-27(21)33)20(2)18-41-28-14-24(34-42(38,39)25-7-5-6-22(31)13-25)9-10-26(28)30(37)35(3)17-29(19)40-4/h5-14,19-20,29,34H,15-18H2,1-4H3/t19-,20-,29-/m1/s1. The molecule has 1 N–H and O–H groups in total. The summed E-state index contributed by atoms with van der Waals surface area (Å²) in [6.07, 6.45) is -0.368. The van der Waals surface area contributed by atoms with E-state index < -0.39 is 27.5 Å². The molecule has 3 aromatic carbocycles. The van der Waals surface area contributed by atoms with Crippen molar-refractivity contribution >= 4 is 21.6 Å². The molecule has 1 aliphatic heterocycles. The summed E-state index contributed by atoms with van der Waals surface area (Å²) < 4.78 is 82.2. The van der Waals surface area contributed by atoms with Crippen LogP contribution in [0.4, 0.5) is 18.9 Å². The van der Waals surface area contributed by atoms with Gasteiger partial charge in [-0.25, -0.2) is 21.6 Å². The first kappa shape index (κ1) is 31.3. The van der Waals surface area contributed by atoms with Crippen molar-refractivity contribution in [2.75, 3.05) is 38.6 Å². The molecule has 0 radical (unpaired) electrons. The van der Waals surface area contributed by atoms with Crippen LogP contribution < -0.4 is 9.46 Å². The average Bonchev–Trinajstić information content (AvgIpc) is 2.95. The van der Waals surface area contributed by atoms with E-state index in [9.17, 15) is 26.4 Å². The number of hydrogen-bond donors (Lipinski definition) is 1. The first-order valence-electron chi connectivity index (χ1n) is 13.4. The van der Waals surface area contributed by atoms with Crippen LogP contribution in [0.3, 0.4) is 0 Å². The second-order valence-corrected chi connectivity index (χ2v) is 12.2. The molecule has 0 fully saturated rings. The van der Waals surface area contributed by atoms with Crippen molar-refractivity contribution < 1.29 is 35.9 Å². The third kappa shape index (κ3) is 7.42. The van der Waals surface area contributed by atoms with E-state index in [0.717, 1.165) is 30.3 Å². The van der Waals surface area contributed by atoms with Gasteiger partial charge < -0.3 is 14.4 Å². The van der Waals surface area contributed by atoms with Crippen molar-refractivity contribution in [3.8, 4) is 5.75 Å². The Kier molecular flexibility index (Phi) is 9.80. The number of rotatable bonds is 6. The minimum atomic E-state index is -4.14. The number of nitrogens with one attached hydrogen (secondary N) is 1. The SMILES string of the molecule is CO[C@@H]1CN(C)C(=O)c2ccc(NS(=O)(=O)c3cccc(F)c3)cc2OC[C@@H](C)N(Cc2cc(F)ccc2F)C[C@H]1C. The number of halogens is 3. The van der Waals surface area contributed by atoms with Crippen molar-refractivity contribution in [2.24, 2.45) is 5.92 Å². The van der Waals surface area contributed by atoms with E-state index >= 15 is 0 Å². The van der Waals surface area contributed by atoms with Gasteiger partial charge in [-0.1, -0.05) is 13.0 Å². The van der Waals surface area contributed by atoms with Gasteiger partial charge in [0.15, 0.2) is 0 Å². The third-order valence-electron chi connectivity index (χ3n) is 7.32. The minimum absolute atomic E-state index is 0.0470. The Balaban J connectivity index is 1.68. The maximum absolute atomic E-state index is 14.6. The lowest BCUT2D eigenvalue weighted by molar-refractivity contribution is 0.00903. The quantitative estimate of drug-likeness (QED) is 0.430. The summed E-state index contributed by atoms with van der Waals surface area (Å²) >= 11 is 0. The van der Waals surface area contributed by atoms with E-state index in [0.29, 0.717) is 6.54 Å². The number of likely N-dealkylation sites (N-methyl/N-ethyl adjacent to an activating group) is 1. The fourth-order valence-electron chi connectivity index (χ4n) is 4.86. The van der Waals surface area contributed by atoms with E-state index in [-0.39, 0.29) is 71.1 Å². The number of carbonyl (C=O) groups is 1. The fourth-order valence-corrected chi connectivity index (χ4v) is 5.94. The number of benzene rings is 3. The highest BCUT2D eigenvalue weighted by molar-refractivity contribution is 7.92. The summed E-state index contributed by atoms with van der Waals surface area (Å²) in [6.45, 7) is 4.64. The van der Waals surface area contributed by atoms with Gasteiger partial charge >= 0.3 is 0 Å². The third-order valence-corrected chi connectivity index (χ3v) is 8.69. The van der Waals surface area contributed by atoms with Crippen LogP contribution in [0.1, 0.15) is 29.8 Å². The molecular weight excluding hydrogens is 571 g/mol. The van der Waals surface area contributed by atoms with Crippen molar-refractivity contribution in [1.29, 1.82) is 0 Å². The number of methoxy groups -OCH3 is 1. The zero-order valence-electron chi connectivity index (χ0n) is 23.8. The van der Waals surface area contributed by atoms with Crippen molar-refractivity contribution in [3.63, 3.8) is 0 Å². The number of nitrogens with zero attached hydrogens (tertiary/aromatic N) is 2. The van der Waals surface area contributed by atoms with Gasteiger partial charge in [0.2, 0.25) is 0 Å². The number of amides is 1. The van der Waals surface area contributed by atoms with Crippen LogP contribution >= 0.6 is 0 Å². The van der Waals surface area contributed by atoms with Crippen molar-refractivity contribution in [3.05, 3.63) is 89.2 Å². The Morgan fingerprint density at radius 2 is 1.74 bits per heavy atom. The van der Waals surface area contributed by atoms with Crippen LogP contribution in [0.25, 0.3) is 0 Å². The van der Waals surface area contributed by atoms with Gasteiger partial charge in [-0.15, -0.1) is 0 Å². The molecule has 0 spiro atoms. The molecule has 42 heavy (non-hydrogen) atoms. The van der Waals surface area contributed by atoms with Gasteiger partial charge in [-0.2, -0.15) is 0 Å². The predicted octanol–water partition coefficient (Wildman–Crippen LogP) is 4.91. The molecule has 1 heterocycles. The summed E-state index contributed by atoms with van der Waals surface area (Å²) in [5.41, 5.74) is 0.497. The molecule has 8 nitrogen and oxygen atoms in total. The molecule has 226 valence electrons. The predicted molar refractivity (Wildman–Crippen MR) is 152 cm³/mol. The van der Waals surface area contributed by atoms with Crippen molar-refractivity contribution in [2.45, 2.75) is 37.4 Å². The number of ether oxygens (including phenoxy) is 2. The summed E-state index contributed by atoms with van der Waals surface area (Å²) in [6, 6.07) is 11.8. The Labute approximate surface area is 244 Å². The summed E-state index contributed by atoms with van der Waals surface area (Å²) in [7, 11) is -0.957. The topological polar surface area (TPSA) is 88.2 Å². The number of hydrogen-bond acceptors (Lipinski definition) is 6. The molecule has 4 rings (SSSR count). The lowest BCUT2D eigenvalue weighted by Gasteiger charge is -2.36. The minimum Gasteiger partial charge on any atom is -0.491 e. The molecule has 0 aromatic heterocycles. The first-order chi connectivity index (χ1) is 19.9. The molecule has 0 unspecified atom stereocenters. The van der Waals surface area contributed by atoms with Gasteiger partial charge in [0.25, 0.3) is 15.9 Å². The average molecular weight is 606 g/mol. The second-order valence-electron chi connectivity index (χ2n) is 10.5. The molecule has 1 amide bonds. The zero-order chi connectivity index (χ0) is 30.6. The zero-order valence-corrected chi connectivity index (χ0v) is 24.6. The van der Waals surface area contributed by atoms with Crippen LogP contribution in [-0.4, -0.2) is 70.1 Å². The maximum Gasteiger partial charge on any atom is 0.261 e. The molecule has 0 aliphatic carbocycles. The van der Waals surface area contributed by atoms with E-state index in [1.54, 1.807) is 14.2 Å². The molecule has 3 aromatic rings. The van der Waals surface area contributed by atoms with Crippen LogP contribution in [0.15, 0.2) is 65.6 Å². The smallest absolute Gasteiger partial charge is 0.261 e. The van der Waals surface area contributed by atoms with E-state index in [4.69, 9.17) is 9.47 Å². The van der Waals surface area contributed by atoms with E-state index in [2.05, 4.69) is 4.72 Å².